The molecule has 3 heterocycles. The summed E-state index contributed by atoms with van der Waals surface area (Å²) in [6.07, 6.45) is 2.09. The molecule has 0 bridgehead atoms. The monoisotopic (exact) mass is 703 g/mol. The highest BCUT2D eigenvalue weighted by Gasteiger charge is 2.31. The highest BCUT2D eigenvalue weighted by atomic mass is 15.0. The zero-order valence-electron chi connectivity index (χ0n) is 30.6. The smallest absolute Gasteiger partial charge is 0.0544 e. The maximum atomic E-state index is 2.50. The SMILES string of the molecule is CCC1Cc2c(ccc3c2c2ccccc2n3-c2cccc(-n3c4ccccc4c4ccccc43)c2)-c2ccc3c(c21)c1ccccc1n3-c1ccccc1. The Morgan fingerprint density at radius 3 is 1.47 bits per heavy atom. The standard InChI is InChI=1S/C52H37N3/c1-2-33-31-43-37(40-28-30-49-52(50(33)40)42-22-9-13-26-47(42)53(49)34-15-4-3-5-16-34)27-29-48-51(43)41-21-8-12-25-46(41)55(48)36-18-14-17-35(32-36)54-44-23-10-6-19-38(44)39-20-7-11-24-45(39)54/h3-30,32-33H,2,31H2,1H3. The number of aromatic nitrogens is 3. The van der Waals surface area contributed by atoms with Crippen molar-refractivity contribution in [1.29, 1.82) is 0 Å². The molecule has 1 atom stereocenters. The van der Waals surface area contributed by atoms with E-state index in [1.165, 1.54) is 99.0 Å². The topological polar surface area (TPSA) is 14.8 Å². The molecule has 0 saturated carbocycles. The zero-order chi connectivity index (χ0) is 36.2. The Labute approximate surface area is 318 Å². The molecule has 0 fully saturated rings. The van der Waals surface area contributed by atoms with Gasteiger partial charge in [-0.1, -0.05) is 116 Å². The van der Waals surface area contributed by atoms with Crippen LogP contribution in [0.1, 0.15) is 30.4 Å². The molecule has 3 nitrogen and oxygen atoms in total. The van der Waals surface area contributed by atoms with Crippen molar-refractivity contribution in [3.05, 3.63) is 187 Å². The van der Waals surface area contributed by atoms with E-state index in [0.717, 1.165) is 18.5 Å². The average molecular weight is 704 g/mol. The molecule has 12 rings (SSSR count). The van der Waals surface area contributed by atoms with Crippen molar-refractivity contribution in [3.8, 4) is 28.2 Å². The average Bonchev–Trinajstić information content (AvgIpc) is 3.89. The van der Waals surface area contributed by atoms with Crippen molar-refractivity contribution in [3.63, 3.8) is 0 Å². The van der Waals surface area contributed by atoms with Gasteiger partial charge >= 0.3 is 0 Å². The minimum absolute atomic E-state index is 0.396. The molecular formula is C52H37N3. The minimum Gasteiger partial charge on any atom is -0.309 e. The fraction of sp³-hybridized carbons (Fsp3) is 0.0769. The van der Waals surface area contributed by atoms with Crippen LogP contribution in [0.5, 0.6) is 0 Å². The largest absolute Gasteiger partial charge is 0.309 e. The summed E-state index contributed by atoms with van der Waals surface area (Å²) >= 11 is 0. The van der Waals surface area contributed by atoms with E-state index in [-0.39, 0.29) is 0 Å². The fourth-order valence-corrected chi connectivity index (χ4v) is 10.1. The minimum atomic E-state index is 0.396. The van der Waals surface area contributed by atoms with Gasteiger partial charge in [0.05, 0.1) is 33.1 Å². The van der Waals surface area contributed by atoms with Gasteiger partial charge in [0, 0.05) is 49.4 Å². The zero-order valence-corrected chi connectivity index (χ0v) is 30.6. The molecule has 1 aliphatic rings. The summed E-state index contributed by atoms with van der Waals surface area (Å²) in [7, 11) is 0. The van der Waals surface area contributed by atoms with Crippen molar-refractivity contribution in [1.82, 2.24) is 13.7 Å². The Hall–Kier alpha value is -6.84. The van der Waals surface area contributed by atoms with E-state index in [2.05, 4.69) is 197 Å². The lowest BCUT2D eigenvalue weighted by Gasteiger charge is -2.29. The van der Waals surface area contributed by atoms with E-state index >= 15 is 0 Å². The lowest BCUT2D eigenvalue weighted by Crippen LogP contribution is -2.12. The molecule has 0 spiro atoms. The molecule has 0 radical (unpaired) electrons. The van der Waals surface area contributed by atoms with Crippen LogP contribution >= 0.6 is 0 Å². The van der Waals surface area contributed by atoms with E-state index in [1.807, 2.05) is 0 Å². The third kappa shape index (κ3) is 4.21. The van der Waals surface area contributed by atoms with Gasteiger partial charge in [0.2, 0.25) is 0 Å². The summed E-state index contributed by atoms with van der Waals surface area (Å²) in [5.41, 5.74) is 16.8. The van der Waals surface area contributed by atoms with Crippen LogP contribution in [0.25, 0.3) is 93.6 Å². The van der Waals surface area contributed by atoms with Gasteiger partial charge in [-0.05, 0) is 108 Å². The van der Waals surface area contributed by atoms with Crippen molar-refractivity contribution < 1.29 is 0 Å². The van der Waals surface area contributed by atoms with Crippen LogP contribution in [-0.2, 0) is 6.42 Å². The highest BCUT2D eigenvalue weighted by molar-refractivity contribution is 6.16. The third-order valence-electron chi connectivity index (χ3n) is 12.4. The molecular weight excluding hydrogens is 667 g/mol. The molecule has 260 valence electrons. The first kappa shape index (κ1) is 30.6. The Morgan fingerprint density at radius 2 is 0.855 bits per heavy atom. The molecule has 0 saturated heterocycles. The van der Waals surface area contributed by atoms with Crippen molar-refractivity contribution in [2.24, 2.45) is 0 Å². The van der Waals surface area contributed by atoms with Gasteiger partial charge in [0.1, 0.15) is 0 Å². The number of fused-ring (bicyclic) bond motifs is 14. The molecule has 0 amide bonds. The maximum Gasteiger partial charge on any atom is 0.0544 e. The van der Waals surface area contributed by atoms with Crippen LogP contribution < -0.4 is 0 Å². The van der Waals surface area contributed by atoms with Gasteiger partial charge in [0.15, 0.2) is 0 Å². The fourth-order valence-electron chi connectivity index (χ4n) is 10.1. The highest BCUT2D eigenvalue weighted by Crippen LogP contribution is 2.50. The summed E-state index contributed by atoms with van der Waals surface area (Å²) in [6.45, 7) is 2.37. The first-order valence-corrected chi connectivity index (χ1v) is 19.5. The van der Waals surface area contributed by atoms with Gasteiger partial charge in [-0.15, -0.1) is 0 Å². The molecule has 55 heavy (non-hydrogen) atoms. The lowest BCUT2D eigenvalue weighted by molar-refractivity contribution is 0.662. The second kappa shape index (κ2) is 11.6. The van der Waals surface area contributed by atoms with Crippen LogP contribution in [-0.4, -0.2) is 13.7 Å². The molecule has 0 aliphatic heterocycles. The van der Waals surface area contributed by atoms with Gasteiger partial charge in [-0.25, -0.2) is 0 Å². The molecule has 11 aromatic rings. The van der Waals surface area contributed by atoms with E-state index in [4.69, 9.17) is 0 Å². The first-order chi connectivity index (χ1) is 27.3. The number of hydrogen-bond acceptors (Lipinski definition) is 0. The molecule has 0 N–H and O–H groups in total. The lowest BCUT2D eigenvalue weighted by atomic mass is 9.74. The predicted octanol–water partition coefficient (Wildman–Crippen LogP) is 13.7. The van der Waals surface area contributed by atoms with E-state index in [1.54, 1.807) is 0 Å². The summed E-state index contributed by atoms with van der Waals surface area (Å²) in [6, 6.07) is 65.0. The number of para-hydroxylation sites is 5. The number of hydrogen-bond donors (Lipinski definition) is 0. The Bertz CT molecular complexity index is 3280. The molecule has 3 heteroatoms. The molecule has 3 aromatic heterocycles. The van der Waals surface area contributed by atoms with E-state index < -0.39 is 0 Å². The Balaban J connectivity index is 1.10. The number of benzene rings is 8. The van der Waals surface area contributed by atoms with Crippen LogP contribution in [0.2, 0.25) is 0 Å². The van der Waals surface area contributed by atoms with E-state index in [0.29, 0.717) is 5.92 Å². The van der Waals surface area contributed by atoms with Crippen LogP contribution in [0.4, 0.5) is 0 Å². The van der Waals surface area contributed by atoms with Crippen LogP contribution in [0.3, 0.4) is 0 Å². The van der Waals surface area contributed by atoms with Crippen molar-refractivity contribution >= 4 is 65.4 Å². The Kier molecular flexibility index (Phi) is 6.44. The van der Waals surface area contributed by atoms with Crippen molar-refractivity contribution in [2.75, 3.05) is 0 Å². The second-order valence-corrected chi connectivity index (χ2v) is 15.1. The van der Waals surface area contributed by atoms with Gasteiger partial charge < -0.3 is 13.7 Å². The molecule has 8 aromatic carbocycles. The molecule has 1 unspecified atom stereocenters. The quantitative estimate of drug-likeness (QED) is 0.173. The van der Waals surface area contributed by atoms with Gasteiger partial charge in [-0.2, -0.15) is 0 Å². The van der Waals surface area contributed by atoms with Crippen molar-refractivity contribution in [2.45, 2.75) is 25.7 Å². The predicted molar refractivity (Wildman–Crippen MR) is 232 cm³/mol. The second-order valence-electron chi connectivity index (χ2n) is 15.1. The molecule has 1 aliphatic carbocycles. The first-order valence-electron chi connectivity index (χ1n) is 19.5. The van der Waals surface area contributed by atoms with Crippen LogP contribution in [0, 0.1) is 0 Å². The summed E-state index contributed by atoms with van der Waals surface area (Å²) in [5.74, 6) is 0.396. The van der Waals surface area contributed by atoms with E-state index in [9.17, 15) is 0 Å². The maximum absolute atomic E-state index is 2.50. The summed E-state index contributed by atoms with van der Waals surface area (Å²) < 4.78 is 7.37. The number of nitrogens with zero attached hydrogens (tertiary/aromatic N) is 3. The summed E-state index contributed by atoms with van der Waals surface area (Å²) in [4.78, 5) is 0. The van der Waals surface area contributed by atoms with Gasteiger partial charge in [0.25, 0.3) is 0 Å². The number of rotatable bonds is 4. The van der Waals surface area contributed by atoms with Crippen LogP contribution in [0.15, 0.2) is 176 Å². The normalized spacial score (nSPS) is 14.1. The van der Waals surface area contributed by atoms with Gasteiger partial charge in [-0.3, -0.25) is 0 Å². The summed E-state index contributed by atoms with van der Waals surface area (Å²) in [5, 5.41) is 7.99. The Morgan fingerprint density at radius 1 is 0.400 bits per heavy atom. The third-order valence-corrected chi connectivity index (χ3v) is 12.4.